The first-order valence-electron chi connectivity index (χ1n) is 7.58. The zero-order valence-corrected chi connectivity index (χ0v) is 13.3. The van der Waals surface area contributed by atoms with E-state index >= 15 is 0 Å². The van der Waals surface area contributed by atoms with Crippen molar-refractivity contribution in [1.82, 2.24) is 5.32 Å². The van der Waals surface area contributed by atoms with Crippen LogP contribution >= 0.6 is 0 Å². The number of ether oxygens (including phenoxy) is 1. The first kappa shape index (κ1) is 18.3. The molecule has 0 bridgehead atoms. The van der Waals surface area contributed by atoms with Gasteiger partial charge < -0.3 is 25.2 Å². The molecular formula is C16H26N2O4. The summed E-state index contributed by atoms with van der Waals surface area (Å²) in [7, 11) is 1.86. The van der Waals surface area contributed by atoms with Crippen LogP contribution in [0.1, 0.15) is 25.3 Å². The number of nitrogens with zero attached hydrogens (tertiary/aromatic N) is 1. The molecule has 0 atom stereocenters. The lowest BCUT2D eigenvalue weighted by atomic mass is 10.1. The summed E-state index contributed by atoms with van der Waals surface area (Å²) in [6, 6.07) is 5.93. The lowest BCUT2D eigenvalue weighted by Crippen LogP contribution is -2.22. The van der Waals surface area contributed by atoms with Crippen molar-refractivity contribution < 1.29 is 19.7 Å². The molecular weight excluding hydrogens is 284 g/mol. The number of carboxylic acid groups (broad SMARTS) is 1. The van der Waals surface area contributed by atoms with E-state index in [9.17, 15) is 4.79 Å². The third-order valence-electron chi connectivity index (χ3n) is 3.24. The SMILES string of the molecule is CCOc1cc(CNCCCO)ccc1N(C)CCC(=O)O. The van der Waals surface area contributed by atoms with Crippen LogP contribution in [0.5, 0.6) is 5.75 Å². The molecule has 0 unspecified atom stereocenters. The number of aliphatic hydroxyl groups excluding tert-OH is 1. The molecule has 1 aromatic rings. The number of aliphatic hydroxyl groups is 1. The van der Waals surface area contributed by atoms with Crippen LogP contribution in [0.3, 0.4) is 0 Å². The van der Waals surface area contributed by atoms with Gasteiger partial charge in [-0.15, -0.1) is 0 Å². The summed E-state index contributed by atoms with van der Waals surface area (Å²) in [5.41, 5.74) is 1.99. The number of hydrogen-bond acceptors (Lipinski definition) is 5. The van der Waals surface area contributed by atoms with Crippen LogP contribution in [-0.2, 0) is 11.3 Å². The van der Waals surface area contributed by atoms with E-state index in [2.05, 4.69) is 5.32 Å². The van der Waals surface area contributed by atoms with E-state index in [1.54, 1.807) is 0 Å². The standard InChI is InChI=1S/C16H26N2O4/c1-3-22-15-11-13(12-17-8-4-10-19)5-6-14(15)18(2)9-7-16(20)21/h5-6,11,17,19H,3-4,7-10,12H2,1-2H3,(H,20,21). The number of carbonyl (C=O) groups is 1. The molecule has 0 heterocycles. The Labute approximate surface area is 131 Å². The normalized spacial score (nSPS) is 10.5. The Morgan fingerprint density at radius 2 is 2.18 bits per heavy atom. The molecule has 0 aliphatic carbocycles. The quantitative estimate of drug-likeness (QED) is 0.537. The number of nitrogens with one attached hydrogen (secondary N) is 1. The highest BCUT2D eigenvalue weighted by atomic mass is 16.5. The van der Waals surface area contributed by atoms with Crippen LogP contribution in [0.2, 0.25) is 0 Å². The van der Waals surface area contributed by atoms with Crippen molar-refractivity contribution in [1.29, 1.82) is 0 Å². The van der Waals surface area contributed by atoms with Crippen molar-refractivity contribution >= 4 is 11.7 Å². The lowest BCUT2D eigenvalue weighted by molar-refractivity contribution is -0.136. The highest BCUT2D eigenvalue weighted by Gasteiger charge is 2.11. The molecule has 6 heteroatoms. The number of hydrogen-bond donors (Lipinski definition) is 3. The lowest BCUT2D eigenvalue weighted by Gasteiger charge is -2.22. The second-order valence-electron chi connectivity index (χ2n) is 5.05. The summed E-state index contributed by atoms with van der Waals surface area (Å²) in [5, 5.41) is 20.8. The maximum absolute atomic E-state index is 10.7. The number of anilines is 1. The second-order valence-corrected chi connectivity index (χ2v) is 5.05. The van der Waals surface area contributed by atoms with Crippen LogP contribution in [0, 0.1) is 0 Å². The van der Waals surface area contributed by atoms with Crippen molar-refractivity contribution in [2.45, 2.75) is 26.3 Å². The summed E-state index contributed by atoms with van der Waals surface area (Å²) in [6.07, 6.45) is 0.820. The first-order valence-corrected chi connectivity index (χ1v) is 7.58. The molecule has 0 spiro atoms. The van der Waals surface area contributed by atoms with Crippen molar-refractivity contribution in [3.63, 3.8) is 0 Å². The largest absolute Gasteiger partial charge is 0.492 e. The van der Waals surface area contributed by atoms with Gasteiger partial charge in [0.05, 0.1) is 18.7 Å². The van der Waals surface area contributed by atoms with Gasteiger partial charge in [-0.2, -0.15) is 0 Å². The zero-order chi connectivity index (χ0) is 16.4. The van der Waals surface area contributed by atoms with Crippen LogP contribution in [0.4, 0.5) is 5.69 Å². The predicted molar refractivity (Wildman–Crippen MR) is 86.5 cm³/mol. The summed E-state index contributed by atoms with van der Waals surface area (Å²) in [4.78, 5) is 12.6. The van der Waals surface area contributed by atoms with E-state index in [4.69, 9.17) is 14.9 Å². The number of aliphatic carboxylic acids is 1. The molecule has 0 aromatic heterocycles. The van der Waals surface area contributed by atoms with Gasteiger partial charge in [-0.3, -0.25) is 4.79 Å². The molecule has 0 saturated carbocycles. The van der Waals surface area contributed by atoms with Crippen LogP contribution in [0.25, 0.3) is 0 Å². The molecule has 0 aliphatic heterocycles. The summed E-state index contributed by atoms with van der Waals surface area (Å²) >= 11 is 0. The average Bonchev–Trinajstić information content (AvgIpc) is 2.50. The summed E-state index contributed by atoms with van der Waals surface area (Å²) < 4.78 is 5.68. The van der Waals surface area contributed by atoms with Gasteiger partial charge in [0.1, 0.15) is 5.75 Å². The second kappa shape index (κ2) is 10.0. The van der Waals surface area contributed by atoms with E-state index in [1.165, 1.54) is 0 Å². The molecule has 0 amide bonds. The maximum Gasteiger partial charge on any atom is 0.305 e. The third kappa shape index (κ3) is 6.32. The Morgan fingerprint density at radius 1 is 1.41 bits per heavy atom. The highest BCUT2D eigenvalue weighted by Crippen LogP contribution is 2.29. The Bertz CT molecular complexity index is 465. The predicted octanol–water partition coefficient (Wildman–Crippen LogP) is 1.47. The van der Waals surface area contributed by atoms with Gasteiger partial charge in [-0.1, -0.05) is 6.07 Å². The minimum atomic E-state index is -0.811. The number of rotatable bonds is 11. The minimum absolute atomic E-state index is 0.0898. The van der Waals surface area contributed by atoms with Crippen LogP contribution in [0.15, 0.2) is 18.2 Å². The fourth-order valence-electron chi connectivity index (χ4n) is 2.08. The van der Waals surface area contributed by atoms with Crippen LogP contribution < -0.4 is 15.0 Å². The number of benzene rings is 1. The molecule has 1 aromatic carbocycles. The average molecular weight is 310 g/mol. The van der Waals surface area contributed by atoms with Crippen molar-refractivity contribution in [2.24, 2.45) is 0 Å². The zero-order valence-electron chi connectivity index (χ0n) is 13.3. The Kier molecular flexibility index (Phi) is 8.32. The van der Waals surface area contributed by atoms with E-state index in [0.717, 1.165) is 30.0 Å². The molecule has 0 fully saturated rings. The molecule has 0 saturated heterocycles. The van der Waals surface area contributed by atoms with Gasteiger partial charge in [0, 0.05) is 26.7 Å². The molecule has 0 radical (unpaired) electrons. The maximum atomic E-state index is 10.7. The molecule has 6 nitrogen and oxygen atoms in total. The van der Waals surface area contributed by atoms with Gasteiger partial charge in [0.15, 0.2) is 0 Å². The number of carboxylic acids is 1. The highest BCUT2D eigenvalue weighted by molar-refractivity contribution is 5.68. The van der Waals surface area contributed by atoms with Gasteiger partial charge >= 0.3 is 5.97 Å². The van der Waals surface area contributed by atoms with Crippen molar-refractivity contribution in [3.8, 4) is 5.75 Å². The Balaban J connectivity index is 2.73. The first-order chi connectivity index (χ1) is 10.6. The van der Waals surface area contributed by atoms with E-state index < -0.39 is 5.97 Å². The van der Waals surface area contributed by atoms with Crippen molar-refractivity contribution in [3.05, 3.63) is 23.8 Å². The third-order valence-corrected chi connectivity index (χ3v) is 3.24. The molecule has 22 heavy (non-hydrogen) atoms. The molecule has 1 rings (SSSR count). The fourth-order valence-corrected chi connectivity index (χ4v) is 2.08. The van der Waals surface area contributed by atoms with Gasteiger partial charge in [-0.05, 0) is 37.6 Å². The molecule has 3 N–H and O–H groups in total. The van der Waals surface area contributed by atoms with Gasteiger partial charge in [0.2, 0.25) is 0 Å². The van der Waals surface area contributed by atoms with E-state index in [0.29, 0.717) is 19.7 Å². The minimum Gasteiger partial charge on any atom is -0.492 e. The van der Waals surface area contributed by atoms with Gasteiger partial charge in [0.25, 0.3) is 0 Å². The fraction of sp³-hybridized carbons (Fsp3) is 0.562. The summed E-state index contributed by atoms with van der Waals surface area (Å²) in [6.45, 7) is 4.57. The van der Waals surface area contributed by atoms with Gasteiger partial charge in [-0.25, -0.2) is 0 Å². The van der Waals surface area contributed by atoms with Crippen LogP contribution in [-0.4, -0.2) is 49.5 Å². The molecule has 0 aliphatic rings. The van der Waals surface area contributed by atoms with E-state index in [1.807, 2.05) is 37.1 Å². The topological polar surface area (TPSA) is 82.0 Å². The summed E-state index contributed by atoms with van der Waals surface area (Å²) in [5.74, 6) is -0.0497. The monoisotopic (exact) mass is 310 g/mol. The Hall–Kier alpha value is -1.79. The molecule has 124 valence electrons. The van der Waals surface area contributed by atoms with Crippen molar-refractivity contribution in [2.75, 3.05) is 38.3 Å². The smallest absolute Gasteiger partial charge is 0.305 e. The Morgan fingerprint density at radius 3 is 2.82 bits per heavy atom. The van der Waals surface area contributed by atoms with E-state index in [-0.39, 0.29) is 13.0 Å².